The summed E-state index contributed by atoms with van der Waals surface area (Å²) in [6.07, 6.45) is 3.96. The molecule has 1 aliphatic rings. The van der Waals surface area contributed by atoms with Gasteiger partial charge in [-0.15, -0.1) is 11.8 Å². The third kappa shape index (κ3) is 3.39. The number of hydrogen-bond acceptors (Lipinski definition) is 3. The van der Waals surface area contributed by atoms with Crippen LogP contribution in [0.4, 0.5) is 4.39 Å². The molecule has 0 saturated heterocycles. The van der Waals surface area contributed by atoms with E-state index in [2.05, 4.69) is 16.4 Å². The van der Waals surface area contributed by atoms with Crippen molar-refractivity contribution in [3.05, 3.63) is 58.6 Å². The van der Waals surface area contributed by atoms with Gasteiger partial charge in [-0.2, -0.15) is 0 Å². The highest BCUT2D eigenvalue weighted by atomic mass is 35.5. The first kappa shape index (κ1) is 14.8. The topological polar surface area (TPSA) is 24.9 Å². The average Bonchev–Trinajstić information content (AvgIpc) is 2.48. The summed E-state index contributed by atoms with van der Waals surface area (Å²) in [4.78, 5) is 5.19. The van der Waals surface area contributed by atoms with Crippen LogP contribution in [0.3, 0.4) is 0 Å². The zero-order valence-electron chi connectivity index (χ0n) is 11.6. The first-order chi connectivity index (χ1) is 10.1. The third-order valence-electron chi connectivity index (χ3n) is 3.69. The summed E-state index contributed by atoms with van der Waals surface area (Å²) in [6.45, 7) is 2.03. The Labute approximate surface area is 133 Å². The fourth-order valence-corrected chi connectivity index (χ4v) is 3.89. The minimum atomic E-state index is -0.302. The van der Waals surface area contributed by atoms with Crippen molar-refractivity contribution in [2.75, 3.05) is 5.75 Å². The summed E-state index contributed by atoms with van der Waals surface area (Å²) in [5, 5.41) is 4.32. The molecule has 0 aliphatic carbocycles. The van der Waals surface area contributed by atoms with Gasteiger partial charge in [0.15, 0.2) is 0 Å². The highest BCUT2D eigenvalue weighted by Gasteiger charge is 2.23. The molecular weight excluding hydrogens is 307 g/mol. The van der Waals surface area contributed by atoms with Gasteiger partial charge in [0.05, 0.1) is 6.20 Å². The van der Waals surface area contributed by atoms with E-state index in [1.54, 1.807) is 6.20 Å². The van der Waals surface area contributed by atoms with E-state index in [1.165, 1.54) is 22.7 Å². The first-order valence-corrected chi connectivity index (χ1v) is 8.28. The normalized spacial score (nSPS) is 19.1. The standard InChI is InChI=1S/C16H16ClFN2S/c1-10(11-6-13(18)9-19-8-11)20-15-4-5-21-16-3-2-12(17)7-14(15)16/h2-3,6-10,15,20H,4-5H2,1H3. The van der Waals surface area contributed by atoms with Crippen LogP contribution in [0.2, 0.25) is 5.02 Å². The minimum absolute atomic E-state index is 0.0353. The summed E-state index contributed by atoms with van der Waals surface area (Å²) in [5.74, 6) is 0.768. The van der Waals surface area contributed by atoms with Crippen LogP contribution in [0.5, 0.6) is 0 Å². The summed E-state index contributed by atoms with van der Waals surface area (Å²) in [7, 11) is 0. The van der Waals surface area contributed by atoms with Gasteiger partial charge in [0.1, 0.15) is 5.82 Å². The van der Waals surface area contributed by atoms with E-state index in [9.17, 15) is 4.39 Å². The Morgan fingerprint density at radius 2 is 2.24 bits per heavy atom. The van der Waals surface area contributed by atoms with Crippen LogP contribution in [0.25, 0.3) is 0 Å². The monoisotopic (exact) mass is 322 g/mol. The smallest absolute Gasteiger partial charge is 0.141 e. The summed E-state index contributed by atoms with van der Waals surface area (Å²) < 4.78 is 13.3. The Kier molecular flexibility index (Phi) is 4.48. The zero-order valence-corrected chi connectivity index (χ0v) is 13.2. The van der Waals surface area contributed by atoms with Crippen molar-refractivity contribution in [2.24, 2.45) is 0 Å². The molecule has 0 spiro atoms. The predicted octanol–water partition coefficient (Wildman–Crippen LogP) is 4.76. The molecule has 21 heavy (non-hydrogen) atoms. The number of thioether (sulfide) groups is 1. The van der Waals surface area contributed by atoms with Crippen LogP contribution in [0.15, 0.2) is 41.6 Å². The molecule has 1 aliphatic heterocycles. The Hall–Kier alpha value is -1.10. The van der Waals surface area contributed by atoms with E-state index < -0.39 is 0 Å². The van der Waals surface area contributed by atoms with E-state index in [4.69, 9.17) is 11.6 Å². The molecule has 0 fully saturated rings. The first-order valence-electron chi connectivity index (χ1n) is 6.92. The maximum atomic E-state index is 13.3. The van der Waals surface area contributed by atoms with Gasteiger partial charge in [-0.1, -0.05) is 11.6 Å². The molecule has 2 heterocycles. The maximum absolute atomic E-state index is 13.3. The van der Waals surface area contributed by atoms with Crippen molar-refractivity contribution in [1.82, 2.24) is 10.3 Å². The van der Waals surface area contributed by atoms with Crippen molar-refractivity contribution in [3.8, 4) is 0 Å². The molecule has 2 nitrogen and oxygen atoms in total. The largest absolute Gasteiger partial charge is 0.303 e. The van der Waals surface area contributed by atoms with Crippen LogP contribution >= 0.6 is 23.4 Å². The predicted molar refractivity (Wildman–Crippen MR) is 85.3 cm³/mol. The van der Waals surface area contributed by atoms with Gasteiger partial charge in [-0.3, -0.25) is 4.98 Å². The van der Waals surface area contributed by atoms with Crippen molar-refractivity contribution >= 4 is 23.4 Å². The van der Waals surface area contributed by atoms with E-state index in [-0.39, 0.29) is 17.9 Å². The number of fused-ring (bicyclic) bond motifs is 1. The summed E-state index contributed by atoms with van der Waals surface area (Å²) in [5.41, 5.74) is 2.09. The van der Waals surface area contributed by atoms with E-state index >= 15 is 0 Å². The lowest BCUT2D eigenvalue weighted by Crippen LogP contribution is -2.27. The SMILES string of the molecule is CC(NC1CCSc2ccc(Cl)cc21)c1cncc(F)c1. The van der Waals surface area contributed by atoms with Crippen LogP contribution in [0.1, 0.15) is 36.6 Å². The molecule has 1 N–H and O–H groups in total. The Morgan fingerprint density at radius 3 is 3.05 bits per heavy atom. The highest BCUT2D eigenvalue weighted by Crippen LogP contribution is 2.38. The quantitative estimate of drug-likeness (QED) is 0.881. The lowest BCUT2D eigenvalue weighted by molar-refractivity contribution is 0.447. The maximum Gasteiger partial charge on any atom is 0.141 e. The molecule has 1 aromatic heterocycles. The lowest BCUT2D eigenvalue weighted by Gasteiger charge is -2.29. The second-order valence-corrected chi connectivity index (χ2v) is 6.77. The molecule has 0 amide bonds. The number of hydrogen-bond donors (Lipinski definition) is 1. The molecule has 110 valence electrons. The fourth-order valence-electron chi connectivity index (χ4n) is 2.60. The van der Waals surface area contributed by atoms with E-state index in [1.807, 2.05) is 30.8 Å². The molecule has 0 radical (unpaired) electrons. The van der Waals surface area contributed by atoms with Crippen molar-refractivity contribution < 1.29 is 4.39 Å². The van der Waals surface area contributed by atoms with Gasteiger partial charge in [0.25, 0.3) is 0 Å². The minimum Gasteiger partial charge on any atom is -0.303 e. The Bertz CT molecular complexity index is 650. The molecule has 2 unspecified atom stereocenters. The van der Waals surface area contributed by atoms with E-state index in [0.717, 1.165) is 22.8 Å². The van der Waals surface area contributed by atoms with Crippen LogP contribution in [-0.4, -0.2) is 10.7 Å². The summed E-state index contributed by atoms with van der Waals surface area (Å²) >= 11 is 7.98. The highest BCUT2D eigenvalue weighted by molar-refractivity contribution is 7.99. The lowest BCUT2D eigenvalue weighted by atomic mass is 10.0. The number of nitrogens with zero attached hydrogens (tertiary/aromatic N) is 1. The van der Waals surface area contributed by atoms with Crippen LogP contribution < -0.4 is 5.32 Å². The average molecular weight is 323 g/mol. The van der Waals surface area contributed by atoms with Crippen LogP contribution in [-0.2, 0) is 0 Å². The van der Waals surface area contributed by atoms with Gasteiger partial charge in [0, 0.05) is 28.2 Å². The third-order valence-corrected chi connectivity index (χ3v) is 5.05. The Balaban J connectivity index is 1.81. The summed E-state index contributed by atoms with van der Waals surface area (Å²) in [6, 6.07) is 7.82. The van der Waals surface area contributed by atoms with Crippen molar-refractivity contribution in [3.63, 3.8) is 0 Å². The number of nitrogens with one attached hydrogen (secondary N) is 1. The Morgan fingerprint density at radius 1 is 1.38 bits per heavy atom. The second-order valence-electron chi connectivity index (χ2n) is 5.20. The second kappa shape index (κ2) is 6.34. The number of halogens is 2. The van der Waals surface area contributed by atoms with Gasteiger partial charge in [0.2, 0.25) is 0 Å². The molecule has 5 heteroatoms. The molecule has 0 bridgehead atoms. The number of aromatic nitrogens is 1. The van der Waals surface area contributed by atoms with E-state index in [0.29, 0.717) is 0 Å². The fraction of sp³-hybridized carbons (Fsp3) is 0.312. The number of pyridine rings is 1. The molecule has 2 atom stereocenters. The van der Waals surface area contributed by atoms with Gasteiger partial charge in [-0.25, -0.2) is 4.39 Å². The molecule has 2 aromatic rings. The number of benzene rings is 1. The van der Waals surface area contributed by atoms with Gasteiger partial charge in [-0.05, 0) is 54.5 Å². The zero-order chi connectivity index (χ0) is 14.8. The van der Waals surface area contributed by atoms with Gasteiger partial charge >= 0.3 is 0 Å². The molecule has 3 rings (SSSR count). The van der Waals surface area contributed by atoms with Gasteiger partial charge < -0.3 is 5.32 Å². The molecule has 0 saturated carbocycles. The number of rotatable bonds is 3. The van der Waals surface area contributed by atoms with Crippen molar-refractivity contribution in [1.29, 1.82) is 0 Å². The molecule has 1 aromatic carbocycles. The molecular formula is C16H16ClFN2S. The van der Waals surface area contributed by atoms with Crippen molar-refractivity contribution in [2.45, 2.75) is 30.3 Å². The van der Waals surface area contributed by atoms with Crippen LogP contribution in [0, 0.1) is 5.82 Å².